The summed E-state index contributed by atoms with van der Waals surface area (Å²) >= 11 is 5.78. The van der Waals surface area contributed by atoms with Gasteiger partial charge in [-0.25, -0.2) is 27.5 Å². The molecule has 0 spiro atoms. The normalized spacial score (nSPS) is 11.2. The van der Waals surface area contributed by atoms with Crippen molar-refractivity contribution in [2.45, 2.75) is 11.5 Å². The molecule has 0 radical (unpaired) electrons. The summed E-state index contributed by atoms with van der Waals surface area (Å²) in [4.78, 5) is 24.4. The highest BCUT2D eigenvalue weighted by atomic mass is 35.5. The zero-order valence-corrected chi connectivity index (χ0v) is 22.1. The van der Waals surface area contributed by atoms with Crippen LogP contribution in [-0.2, 0) is 26.2 Å². The van der Waals surface area contributed by atoms with Gasteiger partial charge in [-0.3, -0.25) is 10.0 Å². The van der Waals surface area contributed by atoms with Crippen LogP contribution in [0.5, 0.6) is 11.5 Å². The SMILES string of the molecule is CN(CCN(CC(=O)NO)S(=O)(=O)c1cc(F)c(Oc2ccc(Cl)cc2)c(F)c1)C(=O)OCc1ccccc1. The lowest BCUT2D eigenvalue weighted by molar-refractivity contribution is -0.129. The molecule has 0 aromatic heterocycles. The highest BCUT2D eigenvalue weighted by Gasteiger charge is 2.30. The summed E-state index contributed by atoms with van der Waals surface area (Å²) in [7, 11) is -3.35. The Morgan fingerprint density at radius 2 is 1.62 bits per heavy atom. The molecule has 14 heteroatoms. The van der Waals surface area contributed by atoms with E-state index in [-0.39, 0.29) is 18.9 Å². The number of halogens is 3. The summed E-state index contributed by atoms with van der Waals surface area (Å²) in [5, 5.41) is 9.26. The quantitative estimate of drug-likeness (QED) is 0.256. The van der Waals surface area contributed by atoms with E-state index in [2.05, 4.69) is 0 Å². The Bertz CT molecular complexity index is 1390. The predicted octanol–water partition coefficient (Wildman–Crippen LogP) is 4.18. The van der Waals surface area contributed by atoms with Crippen molar-refractivity contribution >= 4 is 33.6 Å². The minimum Gasteiger partial charge on any atom is -0.451 e. The molecule has 2 amide bonds. The summed E-state index contributed by atoms with van der Waals surface area (Å²) in [5.74, 6) is -4.56. The van der Waals surface area contributed by atoms with Crippen LogP contribution in [0.25, 0.3) is 0 Å². The van der Waals surface area contributed by atoms with Crippen LogP contribution in [0, 0.1) is 11.6 Å². The van der Waals surface area contributed by atoms with E-state index in [0.717, 1.165) is 10.5 Å². The van der Waals surface area contributed by atoms with Crippen molar-refractivity contribution in [3.63, 3.8) is 0 Å². The number of hydrogen-bond acceptors (Lipinski definition) is 7. The van der Waals surface area contributed by atoms with E-state index in [1.165, 1.54) is 36.8 Å². The summed E-state index contributed by atoms with van der Waals surface area (Å²) in [6.07, 6.45) is -0.774. The molecule has 0 heterocycles. The molecule has 0 aliphatic heterocycles. The Morgan fingerprint density at radius 1 is 1.00 bits per heavy atom. The number of rotatable bonds is 11. The van der Waals surface area contributed by atoms with Crippen LogP contribution in [0.15, 0.2) is 71.6 Å². The first-order valence-electron chi connectivity index (χ1n) is 11.3. The first-order chi connectivity index (χ1) is 18.5. The molecule has 39 heavy (non-hydrogen) atoms. The van der Waals surface area contributed by atoms with Gasteiger partial charge in [-0.15, -0.1) is 0 Å². The predicted molar refractivity (Wildman–Crippen MR) is 136 cm³/mol. The van der Waals surface area contributed by atoms with Gasteiger partial charge in [0.1, 0.15) is 12.4 Å². The molecule has 3 aromatic rings. The van der Waals surface area contributed by atoms with Crippen LogP contribution in [0.1, 0.15) is 5.56 Å². The molecule has 0 saturated carbocycles. The van der Waals surface area contributed by atoms with Gasteiger partial charge in [0.2, 0.25) is 10.0 Å². The first-order valence-corrected chi connectivity index (χ1v) is 13.1. The van der Waals surface area contributed by atoms with Gasteiger partial charge in [0.05, 0.1) is 11.4 Å². The molecule has 0 saturated heterocycles. The minimum atomic E-state index is -4.69. The van der Waals surface area contributed by atoms with E-state index in [9.17, 15) is 26.8 Å². The summed E-state index contributed by atoms with van der Waals surface area (Å²) in [6.45, 7) is -1.66. The molecule has 0 bridgehead atoms. The molecule has 0 unspecified atom stereocenters. The van der Waals surface area contributed by atoms with Crippen molar-refractivity contribution in [3.8, 4) is 11.5 Å². The molecule has 10 nitrogen and oxygen atoms in total. The summed E-state index contributed by atoms with van der Waals surface area (Å²) in [6, 6.07) is 15.5. The number of ether oxygens (including phenoxy) is 2. The van der Waals surface area contributed by atoms with Crippen molar-refractivity contribution in [3.05, 3.63) is 89.0 Å². The number of benzene rings is 3. The van der Waals surface area contributed by atoms with Crippen molar-refractivity contribution in [2.75, 3.05) is 26.7 Å². The van der Waals surface area contributed by atoms with Crippen LogP contribution >= 0.6 is 11.6 Å². The van der Waals surface area contributed by atoms with Crippen LogP contribution < -0.4 is 10.2 Å². The molecule has 208 valence electrons. The number of hydroxylamine groups is 1. The van der Waals surface area contributed by atoms with Crippen molar-refractivity contribution in [1.82, 2.24) is 14.7 Å². The molecule has 3 rings (SSSR count). The third-order valence-electron chi connectivity index (χ3n) is 5.29. The molecule has 3 aromatic carbocycles. The van der Waals surface area contributed by atoms with Gasteiger partial charge in [0, 0.05) is 25.2 Å². The number of carbonyl (C=O) groups is 2. The van der Waals surface area contributed by atoms with Crippen molar-refractivity contribution in [2.24, 2.45) is 0 Å². The van der Waals surface area contributed by atoms with Crippen LogP contribution in [0.4, 0.5) is 13.6 Å². The Kier molecular flexibility index (Phi) is 10.2. The molecule has 0 aliphatic rings. The van der Waals surface area contributed by atoms with E-state index >= 15 is 0 Å². The molecular weight excluding hydrogens is 560 g/mol. The van der Waals surface area contributed by atoms with E-state index in [0.29, 0.717) is 21.5 Å². The molecule has 2 N–H and O–H groups in total. The maximum absolute atomic E-state index is 14.8. The van der Waals surface area contributed by atoms with Crippen molar-refractivity contribution in [1.29, 1.82) is 0 Å². The third-order valence-corrected chi connectivity index (χ3v) is 7.36. The molecular formula is C25H24ClF2N3O7S. The smallest absolute Gasteiger partial charge is 0.409 e. The topological polar surface area (TPSA) is 125 Å². The first kappa shape index (κ1) is 29.8. The number of carbonyl (C=O) groups excluding carboxylic acids is 2. The van der Waals surface area contributed by atoms with Crippen LogP contribution in [-0.4, -0.2) is 61.5 Å². The van der Waals surface area contributed by atoms with E-state index < -0.39 is 57.4 Å². The fourth-order valence-electron chi connectivity index (χ4n) is 3.21. The number of nitrogens with zero attached hydrogens (tertiary/aromatic N) is 2. The van der Waals surface area contributed by atoms with Crippen LogP contribution in [0.2, 0.25) is 5.02 Å². The Morgan fingerprint density at radius 3 is 2.21 bits per heavy atom. The average molecular weight is 584 g/mol. The highest BCUT2D eigenvalue weighted by Crippen LogP contribution is 2.31. The second kappa shape index (κ2) is 13.3. The van der Waals surface area contributed by atoms with Gasteiger partial charge >= 0.3 is 6.09 Å². The van der Waals surface area contributed by atoms with E-state index in [4.69, 9.17) is 26.3 Å². The number of amides is 2. The van der Waals surface area contributed by atoms with Crippen LogP contribution in [0.3, 0.4) is 0 Å². The fourth-order valence-corrected chi connectivity index (χ4v) is 4.75. The minimum absolute atomic E-state index is 0.0259. The van der Waals surface area contributed by atoms with E-state index in [1.807, 2.05) is 0 Å². The summed E-state index contributed by atoms with van der Waals surface area (Å²) in [5.41, 5.74) is 2.04. The second-order valence-corrected chi connectivity index (χ2v) is 10.5. The second-order valence-electron chi connectivity index (χ2n) is 8.11. The maximum Gasteiger partial charge on any atom is 0.409 e. The fraction of sp³-hybridized carbons (Fsp3) is 0.200. The number of sulfonamides is 1. The Labute approximate surface area is 228 Å². The Hall–Kier alpha value is -3.78. The van der Waals surface area contributed by atoms with Gasteiger partial charge in [-0.2, -0.15) is 4.31 Å². The van der Waals surface area contributed by atoms with Gasteiger partial charge in [0.15, 0.2) is 17.4 Å². The lowest BCUT2D eigenvalue weighted by Gasteiger charge is -2.24. The monoisotopic (exact) mass is 583 g/mol. The molecule has 0 aliphatic carbocycles. The van der Waals surface area contributed by atoms with Gasteiger partial charge < -0.3 is 14.4 Å². The molecule has 0 atom stereocenters. The lowest BCUT2D eigenvalue weighted by atomic mass is 10.2. The number of nitrogens with one attached hydrogen (secondary N) is 1. The summed E-state index contributed by atoms with van der Waals surface area (Å²) < 4.78 is 66.9. The third kappa shape index (κ3) is 8.10. The van der Waals surface area contributed by atoms with Gasteiger partial charge in [0.25, 0.3) is 5.91 Å². The van der Waals surface area contributed by atoms with Crippen molar-refractivity contribution < 1.29 is 41.5 Å². The van der Waals surface area contributed by atoms with Gasteiger partial charge in [-0.1, -0.05) is 41.9 Å². The number of likely N-dealkylation sites (N-methyl/N-ethyl adjacent to an activating group) is 1. The highest BCUT2D eigenvalue weighted by molar-refractivity contribution is 7.89. The number of hydrogen-bond donors (Lipinski definition) is 2. The maximum atomic E-state index is 14.8. The molecule has 0 fully saturated rings. The van der Waals surface area contributed by atoms with Gasteiger partial charge in [-0.05, 0) is 42.0 Å². The average Bonchev–Trinajstić information content (AvgIpc) is 2.92. The standard InChI is InChI=1S/C25H24ClF2N3O7S/c1-30(25(33)37-16-17-5-3-2-4-6-17)11-12-31(15-23(32)29-34)39(35,36)20-13-21(27)24(22(28)14-20)38-19-9-7-18(26)8-10-19/h2-10,13-14,34H,11-12,15-16H2,1H3,(H,29,32). The zero-order valence-electron chi connectivity index (χ0n) is 20.5. The Balaban J connectivity index is 1.76. The van der Waals surface area contributed by atoms with E-state index in [1.54, 1.807) is 30.3 Å². The lowest BCUT2D eigenvalue weighted by Crippen LogP contribution is -2.44. The largest absolute Gasteiger partial charge is 0.451 e. The zero-order chi connectivity index (χ0) is 28.6.